The van der Waals surface area contributed by atoms with Gasteiger partial charge in [-0.15, -0.1) is 0 Å². The molecule has 0 radical (unpaired) electrons. The lowest BCUT2D eigenvalue weighted by Gasteiger charge is -2.07. The van der Waals surface area contributed by atoms with Crippen molar-refractivity contribution in [2.45, 2.75) is 6.42 Å². The predicted octanol–water partition coefficient (Wildman–Crippen LogP) is 2.69. The first-order valence-corrected chi connectivity index (χ1v) is 5.47. The van der Waals surface area contributed by atoms with Crippen LogP contribution in [-0.4, -0.2) is 17.4 Å². The SMILES string of the molecule is C=CN1CCC(/C=C/c2ccccc2)C1=O. The molecule has 0 aromatic heterocycles. The van der Waals surface area contributed by atoms with E-state index >= 15 is 0 Å². The van der Waals surface area contributed by atoms with Crippen LogP contribution in [0.1, 0.15) is 12.0 Å². The monoisotopic (exact) mass is 213 g/mol. The highest BCUT2D eigenvalue weighted by Crippen LogP contribution is 2.20. The third-order valence-electron chi connectivity index (χ3n) is 2.82. The Hall–Kier alpha value is -1.83. The minimum Gasteiger partial charge on any atom is -0.319 e. The van der Waals surface area contributed by atoms with E-state index in [1.807, 2.05) is 42.5 Å². The van der Waals surface area contributed by atoms with Crippen LogP contribution < -0.4 is 0 Å². The third kappa shape index (κ3) is 2.22. The zero-order chi connectivity index (χ0) is 11.4. The lowest BCUT2D eigenvalue weighted by Crippen LogP contribution is -2.20. The average Bonchev–Trinajstić information content (AvgIpc) is 2.69. The number of amides is 1. The fraction of sp³-hybridized carbons (Fsp3) is 0.214. The molecule has 1 unspecified atom stereocenters. The largest absolute Gasteiger partial charge is 0.319 e. The van der Waals surface area contributed by atoms with Crippen LogP contribution in [0.5, 0.6) is 0 Å². The number of rotatable bonds is 3. The van der Waals surface area contributed by atoms with Crippen LogP contribution in [0.25, 0.3) is 6.08 Å². The highest BCUT2D eigenvalue weighted by Gasteiger charge is 2.27. The third-order valence-corrected chi connectivity index (χ3v) is 2.82. The van der Waals surface area contributed by atoms with Gasteiger partial charge in [-0.05, 0) is 18.2 Å². The quantitative estimate of drug-likeness (QED) is 0.756. The highest BCUT2D eigenvalue weighted by molar-refractivity contribution is 5.84. The number of nitrogens with zero attached hydrogens (tertiary/aromatic N) is 1. The van der Waals surface area contributed by atoms with Gasteiger partial charge < -0.3 is 4.90 Å². The molecule has 1 amide bonds. The number of hydrogen-bond donors (Lipinski definition) is 0. The lowest BCUT2D eigenvalue weighted by atomic mass is 10.1. The maximum Gasteiger partial charge on any atom is 0.233 e. The van der Waals surface area contributed by atoms with E-state index in [1.54, 1.807) is 11.1 Å². The van der Waals surface area contributed by atoms with Crippen LogP contribution in [0.4, 0.5) is 0 Å². The maximum atomic E-state index is 11.8. The summed E-state index contributed by atoms with van der Waals surface area (Å²) in [5.41, 5.74) is 1.13. The highest BCUT2D eigenvalue weighted by atomic mass is 16.2. The zero-order valence-corrected chi connectivity index (χ0v) is 9.17. The normalized spacial score (nSPS) is 20.6. The molecule has 0 N–H and O–H groups in total. The topological polar surface area (TPSA) is 20.3 Å². The zero-order valence-electron chi connectivity index (χ0n) is 9.17. The van der Waals surface area contributed by atoms with Gasteiger partial charge >= 0.3 is 0 Å². The fourth-order valence-electron chi connectivity index (χ4n) is 1.88. The Kier molecular flexibility index (Phi) is 3.20. The first-order valence-electron chi connectivity index (χ1n) is 5.47. The summed E-state index contributed by atoms with van der Waals surface area (Å²) in [4.78, 5) is 13.4. The lowest BCUT2D eigenvalue weighted by molar-refractivity contribution is -0.127. The average molecular weight is 213 g/mol. The van der Waals surface area contributed by atoms with E-state index in [-0.39, 0.29) is 11.8 Å². The van der Waals surface area contributed by atoms with Crippen molar-refractivity contribution in [3.8, 4) is 0 Å². The molecule has 1 aromatic rings. The van der Waals surface area contributed by atoms with E-state index in [1.165, 1.54) is 0 Å². The number of likely N-dealkylation sites (tertiary alicyclic amines) is 1. The first-order chi connectivity index (χ1) is 7.81. The van der Waals surface area contributed by atoms with Crippen molar-refractivity contribution in [1.29, 1.82) is 0 Å². The van der Waals surface area contributed by atoms with Gasteiger partial charge in [-0.2, -0.15) is 0 Å². The Balaban J connectivity index is 2.04. The second-order valence-electron chi connectivity index (χ2n) is 3.88. The molecule has 2 heteroatoms. The Morgan fingerprint density at radius 3 is 2.69 bits per heavy atom. The van der Waals surface area contributed by atoms with Gasteiger partial charge in [0.1, 0.15) is 0 Å². The van der Waals surface area contributed by atoms with Crippen LogP contribution >= 0.6 is 0 Å². The maximum absolute atomic E-state index is 11.8. The molecule has 82 valence electrons. The number of hydrogen-bond acceptors (Lipinski definition) is 1. The van der Waals surface area contributed by atoms with Crippen molar-refractivity contribution in [2.75, 3.05) is 6.54 Å². The molecule has 0 bridgehead atoms. The second-order valence-corrected chi connectivity index (χ2v) is 3.88. The van der Waals surface area contributed by atoms with Crippen LogP contribution in [0.3, 0.4) is 0 Å². The Bertz CT molecular complexity index is 408. The van der Waals surface area contributed by atoms with Crippen LogP contribution in [0.15, 0.2) is 49.2 Å². The van der Waals surface area contributed by atoms with Gasteiger partial charge in [0.15, 0.2) is 0 Å². The molecule has 0 spiro atoms. The molecule has 0 saturated carbocycles. The molecule has 1 aliphatic heterocycles. The summed E-state index contributed by atoms with van der Waals surface area (Å²) in [6.07, 6.45) is 6.49. The molecule has 1 atom stereocenters. The molecule has 1 aliphatic rings. The van der Waals surface area contributed by atoms with Crippen LogP contribution in [0, 0.1) is 5.92 Å². The van der Waals surface area contributed by atoms with E-state index in [2.05, 4.69) is 6.58 Å². The summed E-state index contributed by atoms with van der Waals surface area (Å²) in [5, 5.41) is 0. The fourth-order valence-corrected chi connectivity index (χ4v) is 1.88. The molecule has 2 nitrogen and oxygen atoms in total. The summed E-state index contributed by atoms with van der Waals surface area (Å²) >= 11 is 0. The van der Waals surface area contributed by atoms with Crippen molar-refractivity contribution in [3.05, 3.63) is 54.8 Å². The van der Waals surface area contributed by atoms with E-state index in [0.29, 0.717) is 0 Å². The second kappa shape index (κ2) is 4.79. The Morgan fingerprint density at radius 2 is 2.06 bits per heavy atom. The van der Waals surface area contributed by atoms with Gasteiger partial charge in [0.05, 0.1) is 5.92 Å². The van der Waals surface area contributed by atoms with Crippen molar-refractivity contribution < 1.29 is 4.79 Å². The van der Waals surface area contributed by atoms with E-state index in [0.717, 1.165) is 18.5 Å². The Labute approximate surface area is 95.9 Å². The standard InChI is InChI=1S/C14H15NO/c1-2-15-11-10-13(14(15)16)9-8-12-6-4-3-5-7-12/h2-9,13H,1,10-11H2/b9-8+. The van der Waals surface area contributed by atoms with Crippen LogP contribution in [-0.2, 0) is 4.79 Å². The van der Waals surface area contributed by atoms with Crippen LogP contribution in [0.2, 0.25) is 0 Å². The molecule has 1 fully saturated rings. The van der Waals surface area contributed by atoms with E-state index in [4.69, 9.17) is 0 Å². The smallest absolute Gasteiger partial charge is 0.233 e. The summed E-state index contributed by atoms with van der Waals surface area (Å²) in [6.45, 7) is 4.41. The summed E-state index contributed by atoms with van der Waals surface area (Å²) in [7, 11) is 0. The molecule has 2 rings (SSSR count). The van der Waals surface area contributed by atoms with Gasteiger partial charge in [0.2, 0.25) is 5.91 Å². The first kappa shape index (κ1) is 10.7. The predicted molar refractivity (Wildman–Crippen MR) is 65.5 cm³/mol. The van der Waals surface area contributed by atoms with Crippen molar-refractivity contribution in [3.63, 3.8) is 0 Å². The minimum atomic E-state index is 0.0122. The number of carbonyl (C=O) groups excluding carboxylic acids is 1. The molecule has 1 heterocycles. The minimum absolute atomic E-state index is 0.0122. The Morgan fingerprint density at radius 1 is 1.31 bits per heavy atom. The summed E-state index contributed by atoms with van der Waals surface area (Å²) in [6, 6.07) is 10.0. The van der Waals surface area contributed by atoms with Gasteiger partial charge in [-0.3, -0.25) is 4.79 Å². The van der Waals surface area contributed by atoms with Gasteiger partial charge in [-0.1, -0.05) is 49.1 Å². The van der Waals surface area contributed by atoms with E-state index < -0.39 is 0 Å². The van der Waals surface area contributed by atoms with Crippen molar-refractivity contribution in [2.24, 2.45) is 5.92 Å². The van der Waals surface area contributed by atoms with E-state index in [9.17, 15) is 4.79 Å². The van der Waals surface area contributed by atoms with Gasteiger partial charge in [0, 0.05) is 6.54 Å². The molecular weight excluding hydrogens is 198 g/mol. The summed E-state index contributed by atoms with van der Waals surface area (Å²) in [5.74, 6) is 0.167. The molecule has 1 aromatic carbocycles. The van der Waals surface area contributed by atoms with Gasteiger partial charge in [-0.25, -0.2) is 0 Å². The number of benzene rings is 1. The molecule has 1 saturated heterocycles. The molecular formula is C14H15NO. The number of carbonyl (C=O) groups is 1. The molecule has 16 heavy (non-hydrogen) atoms. The van der Waals surface area contributed by atoms with Gasteiger partial charge in [0.25, 0.3) is 0 Å². The summed E-state index contributed by atoms with van der Waals surface area (Å²) < 4.78 is 0. The molecule has 0 aliphatic carbocycles. The van der Waals surface area contributed by atoms with Crippen molar-refractivity contribution in [1.82, 2.24) is 4.90 Å². The van der Waals surface area contributed by atoms with Crippen molar-refractivity contribution >= 4 is 12.0 Å².